The van der Waals surface area contributed by atoms with Gasteiger partial charge in [0.2, 0.25) is 5.91 Å². The van der Waals surface area contributed by atoms with Crippen molar-refractivity contribution in [2.24, 2.45) is 0 Å². The van der Waals surface area contributed by atoms with Crippen LogP contribution in [0.2, 0.25) is 0 Å². The summed E-state index contributed by atoms with van der Waals surface area (Å²) in [5.74, 6) is 0.294. The summed E-state index contributed by atoms with van der Waals surface area (Å²) in [6, 6.07) is 21.1. The Balaban J connectivity index is 1.51. The Morgan fingerprint density at radius 2 is 1.77 bits per heavy atom. The van der Waals surface area contributed by atoms with E-state index in [1.807, 2.05) is 36.4 Å². The molecule has 2 atom stereocenters. The highest BCUT2D eigenvalue weighted by atomic mass is 16.5. The van der Waals surface area contributed by atoms with Crippen molar-refractivity contribution in [2.75, 3.05) is 6.61 Å². The highest BCUT2D eigenvalue weighted by Crippen LogP contribution is 2.31. The topological polar surface area (TPSA) is 29.5 Å². The van der Waals surface area contributed by atoms with E-state index in [0.717, 1.165) is 32.3 Å². The molecule has 1 aliphatic heterocycles. The summed E-state index contributed by atoms with van der Waals surface area (Å²) in [5, 5.41) is 0. The summed E-state index contributed by atoms with van der Waals surface area (Å²) in [6.07, 6.45) is 4.78. The van der Waals surface area contributed by atoms with Gasteiger partial charge in [0.1, 0.15) is 0 Å². The molecule has 0 aromatic heterocycles. The summed E-state index contributed by atoms with van der Waals surface area (Å²) in [5.41, 5.74) is 2.42. The van der Waals surface area contributed by atoms with E-state index in [9.17, 15) is 4.79 Å². The van der Waals surface area contributed by atoms with Crippen LogP contribution in [0.4, 0.5) is 0 Å². The Labute approximate surface area is 157 Å². The van der Waals surface area contributed by atoms with Gasteiger partial charge in [0.25, 0.3) is 0 Å². The number of carbonyl (C=O) groups is 1. The standard InChI is InChI=1S/C23H29NO2/c1-19(21-12-6-3-7-13-21)24-22(14-8-16-23(24)25)15-9-17-26-18-20-10-4-2-5-11-20/h2-7,10-13,19,22H,8-9,14-18H2,1H3/t19-,22-/m0/s1. The van der Waals surface area contributed by atoms with Crippen molar-refractivity contribution in [1.82, 2.24) is 4.90 Å². The van der Waals surface area contributed by atoms with Crippen LogP contribution in [0.3, 0.4) is 0 Å². The summed E-state index contributed by atoms with van der Waals surface area (Å²) >= 11 is 0. The van der Waals surface area contributed by atoms with E-state index in [0.29, 0.717) is 25.0 Å². The van der Waals surface area contributed by atoms with Gasteiger partial charge in [-0.25, -0.2) is 0 Å². The van der Waals surface area contributed by atoms with Crippen molar-refractivity contribution in [3.05, 3.63) is 71.8 Å². The second-order valence-corrected chi connectivity index (χ2v) is 7.11. The average Bonchev–Trinajstić information content (AvgIpc) is 2.69. The molecule has 1 saturated heterocycles. The van der Waals surface area contributed by atoms with E-state index in [4.69, 9.17) is 4.74 Å². The van der Waals surface area contributed by atoms with Crippen LogP contribution in [-0.2, 0) is 16.1 Å². The third-order valence-electron chi connectivity index (χ3n) is 5.25. The van der Waals surface area contributed by atoms with Crippen molar-refractivity contribution in [3.63, 3.8) is 0 Å². The highest BCUT2D eigenvalue weighted by Gasteiger charge is 2.31. The van der Waals surface area contributed by atoms with Crippen LogP contribution < -0.4 is 0 Å². The molecule has 0 saturated carbocycles. The molecule has 1 aliphatic rings. The number of piperidine rings is 1. The smallest absolute Gasteiger partial charge is 0.223 e. The number of amides is 1. The molecule has 0 aliphatic carbocycles. The van der Waals surface area contributed by atoms with Gasteiger partial charge < -0.3 is 9.64 Å². The lowest BCUT2D eigenvalue weighted by molar-refractivity contribution is -0.139. The van der Waals surface area contributed by atoms with E-state index < -0.39 is 0 Å². The molecular formula is C23H29NO2. The van der Waals surface area contributed by atoms with Crippen LogP contribution in [0, 0.1) is 0 Å². The quantitative estimate of drug-likeness (QED) is 0.617. The van der Waals surface area contributed by atoms with Gasteiger partial charge in [-0.1, -0.05) is 60.7 Å². The fourth-order valence-corrected chi connectivity index (χ4v) is 3.85. The predicted octanol–water partition coefficient (Wildman–Crippen LogP) is 5.13. The SMILES string of the molecule is C[C@@H](c1ccccc1)N1C(=O)CCC[C@H]1CCCOCc1ccccc1. The van der Waals surface area contributed by atoms with Gasteiger partial charge in [0, 0.05) is 19.1 Å². The number of nitrogens with zero attached hydrogens (tertiary/aromatic N) is 1. The molecule has 2 aromatic rings. The molecule has 1 fully saturated rings. The van der Waals surface area contributed by atoms with Crippen molar-refractivity contribution < 1.29 is 9.53 Å². The zero-order valence-corrected chi connectivity index (χ0v) is 15.6. The molecule has 3 nitrogen and oxygen atoms in total. The molecule has 0 radical (unpaired) electrons. The molecule has 3 heteroatoms. The maximum atomic E-state index is 12.6. The monoisotopic (exact) mass is 351 g/mol. The Morgan fingerprint density at radius 3 is 2.50 bits per heavy atom. The lowest BCUT2D eigenvalue weighted by atomic mass is 9.94. The predicted molar refractivity (Wildman–Crippen MR) is 105 cm³/mol. The summed E-state index contributed by atoms with van der Waals surface area (Å²) in [6.45, 7) is 3.55. The van der Waals surface area contributed by atoms with Crippen LogP contribution in [0.5, 0.6) is 0 Å². The highest BCUT2D eigenvalue weighted by molar-refractivity contribution is 5.77. The first-order chi connectivity index (χ1) is 12.8. The number of likely N-dealkylation sites (tertiary alicyclic amines) is 1. The van der Waals surface area contributed by atoms with Crippen molar-refractivity contribution in [1.29, 1.82) is 0 Å². The lowest BCUT2D eigenvalue weighted by Gasteiger charge is -2.40. The van der Waals surface area contributed by atoms with E-state index in [-0.39, 0.29) is 6.04 Å². The van der Waals surface area contributed by atoms with Crippen LogP contribution in [0.1, 0.15) is 56.2 Å². The number of ether oxygens (including phenoxy) is 1. The number of rotatable bonds is 8. The first-order valence-corrected chi connectivity index (χ1v) is 9.73. The van der Waals surface area contributed by atoms with E-state index in [2.05, 4.69) is 36.1 Å². The van der Waals surface area contributed by atoms with Gasteiger partial charge in [0.05, 0.1) is 12.6 Å². The number of hydrogen-bond acceptors (Lipinski definition) is 2. The minimum Gasteiger partial charge on any atom is -0.377 e. The Hall–Kier alpha value is -2.13. The van der Waals surface area contributed by atoms with Gasteiger partial charge >= 0.3 is 0 Å². The zero-order chi connectivity index (χ0) is 18.2. The Morgan fingerprint density at radius 1 is 1.08 bits per heavy atom. The number of hydrogen-bond donors (Lipinski definition) is 0. The molecule has 1 heterocycles. The van der Waals surface area contributed by atoms with Gasteiger partial charge in [0.15, 0.2) is 0 Å². The van der Waals surface area contributed by atoms with E-state index in [1.165, 1.54) is 11.1 Å². The van der Waals surface area contributed by atoms with Crippen LogP contribution in [0.15, 0.2) is 60.7 Å². The summed E-state index contributed by atoms with van der Waals surface area (Å²) < 4.78 is 5.81. The van der Waals surface area contributed by atoms with Gasteiger partial charge in [-0.15, -0.1) is 0 Å². The third-order valence-corrected chi connectivity index (χ3v) is 5.25. The molecule has 1 amide bonds. The molecule has 0 unspecified atom stereocenters. The molecule has 0 bridgehead atoms. The van der Waals surface area contributed by atoms with Crippen molar-refractivity contribution >= 4 is 5.91 Å². The van der Waals surface area contributed by atoms with Crippen LogP contribution >= 0.6 is 0 Å². The van der Waals surface area contributed by atoms with Crippen LogP contribution in [-0.4, -0.2) is 23.5 Å². The van der Waals surface area contributed by atoms with E-state index >= 15 is 0 Å². The first kappa shape index (κ1) is 18.7. The molecule has 0 spiro atoms. The second-order valence-electron chi connectivity index (χ2n) is 7.11. The maximum Gasteiger partial charge on any atom is 0.223 e. The molecule has 138 valence electrons. The van der Waals surface area contributed by atoms with Gasteiger partial charge in [-0.05, 0) is 43.7 Å². The zero-order valence-electron chi connectivity index (χ0n) is 15.6. The Bertz CT molecular complexity index is 671. The minimum absolute atomic E-state index is 0.138. The summed E-state index contributed by atoms with van der Waals surface area (Å²) in [4.78, 5) is 14.7. The normalized spacial score (nSPS) is 18.7. The summed E-state index contributed by atoms with van der Waals surface area (Å²) in [7, 11) is 0. The lowest BCUT2D eigenvalue weighted by Crippen LogP contribution is -2.45. The van der Waals surface area contributed by atoms with Gasteiger partial charge in [-0.3, -0.25) is 4.79 Å². The molecule has 2 aromatic carbocycles. The first-order valence-electron chi connectivity index (χ1n) is 9.73. The largest absolute Gasteiger partial charge is 0.377 e. The third kappa shape index (κ3) is 4.95. The van der Waals surface area contributed by atoms with E-state index in [1.54, 1.807) is 0 Å². The molecule has 0 N–H and O–H groups in total. The van der Waals surface area contributed by atoms with Gasteiger partial charge in [-0.2, -0.15) is 0 Å². The molecule has 26 heavy (non-hydrogen) atoms. The van der Waals surface area contributed by atoms with Crippen molar-refractivity contribution in [2.45, 2.75) is 57.7 Å². The molecular weight excluding hydrogens is 322 g/mol. The van der Waals surface area contributed by atoms with Crippen LogP contribution in [0.25, 0.3) is 0 Å². The number of benzene rings is 2. The number of carbonyl (C=O) groups excluding carboxylic acids is 1. The fraction of sp³-hybridized carbons (Fsp3) is 0.435. The maximum absolute atomic E-state index is 12.6. The Kier molecular flexibility index (Phi) is 6.84. The van der Waals surface area contributed by atoms with Crippen molar-refractivity contribution in [3.8, 4) is 0 Å². The second kappa shape index (κ2) is 9.54. The minimum atomic E-state index is 0.138. The molecule has 3 rings (SSSR count). The fourth-order valence-electron chi connectivity index (χ4n) is 3.85. The average molecular weight is 351 g/mol.